The first-order valence-electron chi connectivity index (χ1n) is 6.15. The second-order valence-corrected chi connectivity index (χ2v) is 5.16. The highest BCUT2D eigenvalue weighted by molar-refractivity contribution is 7.81. The molecule has 1 aromatic carbocycles. The SMILES string of the molecule is O=[N+]([O-])c1ccc(OC2OC(CO)C(O)C(O)C2S)cc1. The Morgan fingerprint density at radius 2 is 1.90 bits per heavy atom. The van der Waals surface area contributed by atoms with E-state index in [1.54, 1.807) is 0 Å². The van der Waals surface area contributed by atoms with E-state index in [2.05, 4.69) is 12.6 Å². The van der Waals surface area contributed by atoms with Crippen LogP contribution in [0.25, 0.3) is 0 Å². The van der Waals surface area contributed by atoms with Gasteiger partial charge in [0.15, 0.2) is 0 Å². The fraction of sp³-hybridized carbons (Fsp3) is 0.500. The lowest BCUT2D eigenvalue weighted by Gasteiger charge is -2.40. The number of aliphatic hydroxyl groups excluding tert-OH is 3. The van der Waals surface area contributed by atoms with Crippen molar-refractivity contribution in [1.82, 2.24) is 0 Å². The normalized spacial score (nSPS) is 32.7. The average Bonchev–Trinajstić information content (AvgIpc) is 2.48. The van der Waals surface area contributed by atoms with Crippen LogP contribution in [0.3, 0.4) is 0 Å². The van der Waals surface area contributed by atoms with Crippen LogP contribution < -0.4 is 4.74 Å². The zero-order valence-electron chi connectivity index (χ0n) is 10.8. The molecule has 0 aromatic heterocycles. The number of non-ortho nitro benzene ring substituents is 1. The highest BCUT2D eigenvalue weighted by Crippen LogP contribution is 2.28. The Morgan fingerprint density at radius 1 is 1.29 bits per heavy atom. The zero-order valence-corrected chi connectivity index (χ0v) is 11.7. The van der Waals surface area contributed by atoms with Gasteiger partial charge in [0.2, 0.25) is 6.29 Å². The molecule has 1 saturated heterocycles. The predicted octanol–water partition coefficient (Wildman–Crippen LogP) is -0.289. The van der Waals surface area contributed by atoms with E-state index in [0.717, 1.165) is 0 Å². The van der Waals surface area contributed by atoms with Crippen molar-refractivity contribution in [3.05, 3.63) is 34.4 Å². The van der Waals surface area contributed by atoms with Crippen LogP contribution in [0, 0.1) is 10.1 Å². The van der Waals surface area contributed by atoms with Gasteiger partial charge in [0.05, 0.1) is 16.8 Å². The van der Waals surface area contributed by atoms with Crippen LogP contribution in [0.2, 0.25) is 0 Å². The van der Waals surface area contributed by atoms with Crippen LogP contribution in [0.15, 0.2) is 24.3 Å². The summed E-state index contributed by atoms with van der Waals surface area (Å²) in [6.07, 6.45) is -4.51. The summed E-state index contributed by atoms with van der Waals surface area (Å²) >= 11 is 4.12. The third kappa shape index (κ3) is 3.44. The van der Waals surface area contributed by atoms with Gasteiger partial charge in [-0.15, -0.1) is 0 Å². The first-order valence-corrected chi connectivity index (χ1v) is 6.67. The summed E-state index contributed by atoms with van der Waals surface area (Å²) in [7, 11) is 0. The van der Waals surface area contributed by atoms with Crippen LogP contribution in [-0.4, -0.2) is 56.7 Å². The van der Waals surface area contributed by atoms with E-state index in [1.165, 1.54) is 24.3 Å². The second-order valence-electron chi connectivity index (χ2n) is 4.57. The van der Waals surface area contributed by atoms with Crippen molar-refractivity contribution in [2.75, 3.05) is 6.61 Å². The smallest absolute Gasteiger partial charge is 0.269 e. The summed E-state index contributed by atoms with van der Waals surface area (Å²) < 4.78 is 10.8. The maximum absolute atomic E-state index is 10.6. The second kappa shape index (κ2) is 6.58. The number of benzene rings is 1. The first-order chi connectivity index (χ1) is 9.93. The van der Waals surface area contributed by atoms with E-state index in [-0.39, 0.29) is 11.4 Å². The fourth-order valence-electron chi connectivity index (χ4n) is 1.95. The molecule has 0 spiro atoms. The number of thiol groups is 1. The molecule has 5 atom stereocenters. The molecule has 21 heavy (non-hydrogen) atoms. The lowest BCUT2D eigenvalue weighted by atomic mass is 10.0. The number of aliphatic hydroxyl groups is 3. The fourth-order valence-corrected chi connectivity index (χ4v) is 2.25. The standard InChI is InChI=1S/C12H15NO7S/c14-5-8-9(15)10(16)11(21)12(20-8)19-7-3-1-6(2-4-7)13(17)18/h1-4,8-12,14-16,21H,5H2. The van der Waals surface area contributed by atoms with Crippen molar-refractivity contribution in [2.24, 2.45) is 0 Å². The van der Waals surface area contributed by atoms with Gasteiger partial charge in [-0.1, -0.05) is 0 Å². The molecule has 116 valence electrons. The average molecular weight is 317 g/mol. The molecule has 8 nitrogen and oxygen atoms in total. The lowest BCUT2D eigenvalue weighted by Crippen LogP contribution is -2.58. The van der Waals surface area contributed by atoms with Gasteiger partial charge in [-0.2, -0.15) is 12.6 Å². The molecular weight excluding hydrogens is 302 g/mol. The summed E-state index contributed by atoms with van der Waals surface area (Å²) in [4.78, 5) is 10.0. The Kier molecular flexibility index (Phi) is 5.01. The van der Waals surface area contributed by atoms with Gasteiger partial charge in [-0.05, 0) is 12.1 Å². The molecule has 0 aliphatic carbocycles. The molecule has 5 unspecified atom stereocenters. The molecule has 0 bridgehead atoms. The number of rotatable bonds is 4. The molecular formula is C12H15NO7S. The van der Waals surface area contributed by atoms with E-state index in [0.29, 0.717) is 0 Å². The van der Waals surface area contributed by atoms with E-state index >= 15 is 0 Å². The highest BCUT2D eigenvalue weighted by atomic mass is 32.1. The summed E-state index contributed by atoms with van der Waals surface area (Å²) in [5, 5.41) is 38.3. The van der Waals surface area contributed by atoms with Gasteiger partial charge >= 0.3 is 0 Å². The van der Waals surface area contributed by atoms with Gasteiger partial charge in [-0.25, -0.2) is 0 Å². The molecule has 3 N–H and O–H groups in total. The largest absolute Gasteiger partial charge is 0.464 e. The Balaban J connectivity index is 2.08. The molecule has 1 heterocycles. The Morgan fingerprint density at radius 3 is 2.43 bits per heavy atom. The van der Waals surface area contributed by atoms with Gasteiger partial charge < -0.3 is 24.8 Å². The minimum atomic E-state index is -1.27. The Hall–Kier alpha value is -1.39. The number of ether oxygens (including phenoxy) is 2. The molecule has 0 amide bonds. The molecule has 9 heteroatoms. The first kappa shape index (κ1) is 16.0. The summed E-state index contributed by atoms with van der Waals surface area (Å²) in [6, 6.07) is 5.29. The van der Waals surface area contributed by atoms with Gasteiger partial charge in [0.25, 0.3) is 5.69 Å². The van der Waals surface area contributed by atoms with E-state index in [9.17, 15) is 20.3 Å². The number of nitro benzene ring substituents is 1. The van der Waals surface area contributed by atoms with Crippen molar-refractivity contribution >= 4 is 18.3 Å². The molecule has 1 aromatic rings. The van der Waals surface area contributed by atoms with Crippen LogP contribution in [0.4, 0.5) is 5.69 Å². The van der Waals surface area contributed by atoms with Gasteiger partial charge in [0, 0.05) is 12.1 Å². The third-order valence-corrected chi connectivity index (χ3v) is 3.70. The van der Waals surface area contributed by atoms with Gasteiger partial charge in [0.1, 0.15) is 24.1 Å². The summed E-state index contributed by atoms with van der Waals surface area (Å²) in [6.45, 7) is -0.487. The van der Waals surface area contributed by atoms with Crippen molar-refractivity contribution < 1.29 is 29.7 Å². The van der Waals surface area contributed by atoms with Crippen LogP contribution in [0.5, 0.6) is 5.75 Å². The van der Waals surface area contributed by atoms with Crippen molar-refractivity contribution in [2.45, 2.75) is 29.9 Å². The highest BCUT2D eigenvalue weighted by Gasteiger charge is 2.43. The topological polar surface area (TPSA) is 122 Å². The maximum Gasteiger partial charge on any atom is 0.269 e. The number of hydrogen-bond donors (Lipinski definition) is 4. The van der Waals surface area contributed by atoms with E-state index < -0.39 is 41.4 Å². The van der Waals surface area contributed by atoms with Gasteiger partial charge in [-0.3, -0.25) is 10.1 Å². The minimum Gasteiger partial charge on any atom is -0.464 e. The molecule has 0 radical (unpaired) electrons. The number of hydrogen-bond acceptors (Lipinski definition) is 8. The van der Waals surface area contributed by atoms with Crippen LogP contribution >= 0.6 is 12.6 Å². The summed E-state index contributed by atoms with van der Waals surface area (Å²) in [5.41, 5.74) is -0.0852. The number of nitrogens with zero attached hydrogens (tertiary/aromatic N) is 1. The van der Waals surface area contributed by atoms with Crippen LogP contribution in [0.1, 0.15) is 0 Å². The Labute approximate surface area is 125 Å². The van der Waals surface area contributed by atoms with Crippen LogP contribution in [-0.2, 0) is 4.74 Å². The van der Waals surface area contributed by atoms with E-state index in [1.807, 2.05) is 0 Å². The molecule has 2 rings (SSSR count). The Bertz CT molecular complexity index is 495. The van der Waals surface area contributed by atoms with Crippen molar-refractivity contribution in [3.8, 4) is 5.75 Å². The quantitative estimate of drug-likeness (QED) is 0.342. The minimum absolute atomic E-state index is 0.0852. The van der Waals surface area contributed by atoms with E-state index in [4.69, 9.17) is 14.6 Å². The molecule has 1 aliphatic rings. The summed E-state index contributed by atoms with van der Waals surface area (Å²) in [5.74, 6) is 0.282. The molecule has 0 saturated carbocycles. The monoisotopic (exact) mass is 317 g/mol. The molecule has 1 fully saturated rings. The lowest BCUT2D eigenvalue weighted by molar-refractivity contribution is -0.384. The predicted molar refractivity (Wildman–Crippen MR) is 74.3 cm³/mol. The number of nitro groups is 1. The zero-order chi connectivity index (χ0) is 15.6. The molecule has 1 aliphatic heterocycles. The van der Waals surface area contributed by atoms with Crippen molar-refractivity contribution in [3.63, 3.8) is 0 Å². The maximum atomic E-state index is 10.6. The van der Waals surface area contributed by atoms with Crippen molar-refractivity contribution in [1.29, 1.82) is 0 Å². The third-order valence-electron chi connectivity index (χ3n) is 3.15.